The van der Waals surface area contributed by atoms with E-state index in [2.05, 4.69) is 10.3 Å². The molecule has 3 rings (SSSR count). The van der Waals surface area contributed by atoms with E-state index in [1.165, 1.54) is 23.5 Å². The van der Waals surface area contributed by atoms with Crippen LogP contribution in [-0.4, -0.2) is 21.8 Å². The molecule has 0 atom stereocenters. The lowest BCUT2D eigenvalue weighted by Gasteiger charge is -2.06. The van der Waals surface area contributed by atoms with Crippen LogP contribution < -0.4 is 5.32 Å². The Morgan fingerprint density at radius 1 is 1.17 bits per heavy atom. The van der Waals surface area contributed by atoms with Crippen molar-refractivity contribution in [1.29, 1.82) is 0 Å². The largest absolute Gasteiger partial charge is 0.455 e. The minimum Gasteiger partial charge on any atom is -0.455 e. The fourth-order valence-corrected chi connectivity index (χ4v) is 3.55. The molecular formula is C21H19N3O5S. The maximum atomic E-state index is 12.4. The van der Waals surface area contributed by atoms with Crippen molar-refractivity contribution in [2.45, 2.75) is 26.5 Å². The highest BCUT2D eigenvalue weighted by Gasteiger charge is 2.23. The molecule has 1 aromatic heterocycles. The van der Waals surface area contributed by atoms with Gasteiger partial charge in [0.1, 0.15) is 17.2 Å². The number of nitro groups is 1. The maximum absolute atomic E-state index is 12.4. The number of thiazole rings is 1. The molecule has 0 saturated heterocycles. The molecule has 154 valence electrons. The third-order valence-electron chi connectivity index (χ3n) is 4.25. The number of nitrogens with one attached hydrogen (secondary N) is 1. The highest BCUT2D eigenvalue weighted by atomic mass is 32.1. The number of esters is 1. The topological polar surface area (TPSA) is 111 Å². The second-order valence-corrected chi connectivity index (χ2v) is 7.42. The predicted octanol–water partition coefficient (Wildman–Crippen LogP) is 3.58. The van der Waals surface area contributed by atoms with Gasteiger partial charge in [0.05, 0.1) is 17.0 Å². The summed E-state index contributed by atoms with van der Waals surface area (Å²) in [6, 6.07) is 14.0. The van der Waals surface area contributed by atoms with E-state index in [1.807, 2.05) is 30.3 Å². The van der Waals surface area contributed by atoms with Crippen molar-refractivity contribution in [2.24, 2.45) is 0 Å². The van der Waals surface area contributed by atoms with Gasteiger partial charge in [0.25, 0.3) is 5.69 Å². The van der Waals surface area contributed by atoms with E-state index in [9.17, 15) is 19.7 Å². The van der Waals surface area contributed by atoms with E-state index in [4.69, 9.17) is 4.74 Å². The zero-order chi connectivity index (χ0) is 21.5. The first-order valence-electron chi connectivity index (χ1n) is 9.09. The number of nitrogens with zero attached hydrogens (tertiary/aromatic N) is 2. The van der Waals surface area contributed by atoms with Gasteiger partial charge in [0.2, 0.25) is 5.91 Å². The minimum absolute atomic E-state index is 0.0711. The first kappa shape index (κ1) is 21.1. The first-order valence-corrected chi connectivity index (χ1v) is 9.97. The number of carbonyl (C=O) groups is 2. The molecular weight excluding hydrogens is 406 g/mol. The standard InChI is InChI=1S/C21H19N3O5S/c1-14-6-5-9-17(24(27)28)20(14)21(26)29-12-16-13-30-19(23-16)10-18(25)22-11-15-7-3-2-4-8-15/h2-9,13H,10-12H2,1H3,(H,22,25). The highest BCUT2D eigenvalue weighted by molar-refractivity contribution is 7.09. The number of carbonyl (C=O) groups excluding carboxylic acids is 2. The number of ether oxygens (including phenoxy) is 1. The summed E-state index contributed by atoms with van der Waals surface area (Å²) >= 11 is 1.29. The lowest BCUT2D eigenvalue weighted by Crippen LogP contribution is -2.24. The number of aromatic nitrogens is 1. The molecule has 0 fully saturated rings. The normalized spacial score (nSPS) is 10.4. The number of hydrogen-bond donors (Lipinski definition) is 1. The van der Waals surface area contributed by atoms with Crippen LogP contribution in [-0.2, 0) is 29.1 Å². The molecule has 8 nitrogen and oxygen atoms in total. The van der Waals surface area contributed by atoms with Crippen molar-refractivity contribution >= 4 is 28.9 Å². The van der Waals surface area contributed by atoms with E-state index in [0.29, 0.717) is 22.8 Å². The molecule has 0 radical (unpaired) electrons. The van der Waals surface area contributed by atoms with Crippen LogP contribution in [0.3, 0.4) is 0 Å². The number of amides is 1. The van der Waals surface area contributed by atoms with Gasteiger partial charge in [0, 0.05) is 18.0 Å². The number of hydrogen-bond acceptors (Lipinski definition) is 7. The Bertz CT molecular complexity index is 1070. The summed E-state index contributed by atoms with van der Waals surface area (Å²) in [6.07, 6.45) is 0.120. The second-order valence-electron chi connectivity index (χ2n) is 6.47. The average Bonchev–Trinajstić information content (AvgIpc) is 3.18. The third-order valence-corrected chi connectivity index (χ3v) is 5.14. The van der Waals surface area contributed by atoms with E-state index in [-0.39, 0.29) is 30.2 Å². The Morgan fingerprint density at radius 3 is 2.67 bits per heavy atom. The van der Waals surface area contributed by atoms with Gasteiger partial charge in [-0.3, -0.25) is 14.9 Å². The van der Waals surface area contributed by atoms with Gasteiger partial charge in [-0.1, -0.05) is 42.5 Å². The quantitative estimate of drug-likeness (QED) is 0.335. The van der Waals surface area contributed by atoms with Crippen LogP contribution in [0.5, 0.6) is 0 Å². The Kier molecular flexibility index (Phi) is 6.87. The van der Waals surface area contributed by atoms with Crippen LogP contribution in [0.25, 0.3) is 0 Å². The third kappa shape index (κ3) is 5.48. The molecule has 0 aliphatic heterocycles. The summed E-state index contributed by atoms with van der Waals surface area (Å²) in [4.78, 5) is 39.3. The van der Waals surface area contributed by atoms with Crippen LogP contribution >= 0.6 is 11.3 Å². The summed E-state index contributed by atoms with van der Waals surface area (Å²) in [7, 11) is 0. The van der Waals surface area contributed by atoms with Crippen LogP contribution in [0.15, 0.2) is 53.9 Å². The smallest absolute Gasteiger partial charge is 0.345 e. The molecule has 1 N–H and O–H groups in total. The fraction of sp³-hybridized carbons (Fsp3) is 0.190. The summed E-state index contributed by atoms with van der Waals surface area (Å²) in [5.41, 5.74) is 1.58. The molecule has 0 bridgehead atoms. The van der Waals surface area contributed by atoms with Crippen molar-refractivity contribution in [1.82, 2.24) is 10.3 Å². The van der Waals surface area contributed by atoms with Crippen LogP contribution in [0.4, 0.5) is 5.69 Å². The van der Waals surface area contributed by atoms with E-state index < -0.39 is 10.9 Å². The predicted molar refractivity (Wildman–Crippen MR) is 111 cm³/mol. The molecule has 0 saturated carbocycles. The summed E-state index contributed by atoms with van der Waals surface area (Å²) in [6.45, 7) is 1.91. The molecule has 0 aliphatic rings. The number of nitro benzene ring substituents is 1. The summed E-state index contributed by atoms with van der Waals surface area (Å²) in [5.74, 6) is -0.942. The second kappa shape index (κ2) is 9.75. The zero-order valence-electron chi connectivity index (χ0n) is 16.2. The van der Waals surface area contributed by atoms with Crippen molar-refractivity contribution < 1.29 is 19.2 Å². The van der Waals surface area contributed by atoms with E-state index >= 15 is 0 Å². The molecule has 30 heavy (non-hydrogen) atoms. The summed E-state index contributed by atoms with van der Waals surface area (Å²) in [5, 5.41) is 16.3. The monoisotopic (exact) mass is 425 g/mol. The van der Waals surface area contributed by atoms with Gasteiger partial charge in [-0.15, -0.1) is 11.3 Å². The SMILES string of the molecule is Cc1cccc([N+](=O)[O-])c1C(=O)OCc1csc(CC(=O)NCc2ccccc2)n1. The van der Waals surface area contributed by atoms with Crippen molar-refractivity contribution in [3.05, 3.63) is 91.4 Å². The van der Waals surface area contributed by atoms with E-state index in [1.54, 1.807) is 18.4 Å². The van der Waals surface area contributed by atoms with Gasteiger partial charge >= 0.3 is 5.97 Å². The molecule has 2 aromatic carbocycles. The van der Waals surface area contributed by atoms with Crippen LogP contribution in [0, 0.1) is 17.0 Å². The lowest BCUT2D eigenvalue weighted by molar-refractivity contribution is -0.385. The van der Waals surface area contributed by atoms with Crippen LogP contribution in [0.1, 0.15) is 32.2 Å². The average molecular weight is 425 g/mol. The van der Waals surface area contributed by atoms with Gasteiger partial charge in [-0.25, -0.2) is 9.78 Å². The molecule has 1 heterocycles. The lowest BCUT2D eigenvalue weighted by atomic mass is 10.1. The Balaban J connectivity index is 1.54. The Morgan fingerprint density at radius 2 is 1.93 bits per heavy atom. The van der Waals surface area contributed by atoms with Crippen molar-refractivity contribution in [3.63, 3.8) is 0 Å². The number of aryl methyl sites for hydroxylation is 1. The fourth-order valence-electron chi connectivity index (χ4n) is 2.77. The molecule has 0 spiro atoms. The highest BCUT2D eigenvalue weighted by Crippen LogP contribution is 2.23. The van der Waals surface area contributed by atoms with Gasteiger partial charge in [-0.2, -0.15) is 0 Å². The zero-order valence-corrected chi connectivity index (χ0v) is 17.0. The number of benzene rings is 2. The Hall–Kier alpha value is -3.59. The van der Waals surface area contributed by atoms with Crippen molar-refractivity contribution in [2.75, 3.05) is 0 Å². The molecule has 0 aliphatic carbocycles. The summed E-state index contributed by atoms with van der Waals surface area (Å²) < 4.78 is 5.21. The van der Waals surface area contributed by atoms with Gasteiger partial charge in [0.15, 0.2) is 0 Å². The number of rotatable bonds is 8. The molecule has 9 heteroatoms. The first-order chi connectivity index (χ1) is 14.4. The molecule has 0 unspecified atom stereocenters. The molecule has 1 amide bonds. The van der Waals surface area contributed by atoms with E-state index in [0.717, 1.165) is 5.56 Å². The minimum atomic E-state index is -0.782. The Labute approximate surface area is 176 Å². The molecule has 3 aromatic rings. The maximum Gasteiger partial charge on any atom is 0.345 e. The van der Waals surface area contributed by atoms with Crippen molar-refractivity contribution in [3.8, 4) is 0 Å². The van der Waals surface area contributed by atoms with Gasteiger partial charge < -0.3 is 10.1 Å². The van der Waals surface area contributed by atoms with Gasteiger partial charge in [-0.05, 0) is 18.1 Å². The van der Waals surface area contributed by atoms with Crippen LogP contribution in [0.2, 0.25) is 0 Å².